The van der Waals surface area contributed by atoms with E-state index in [4.69, 9.17) is 9.47 Å². The lowest BCUT2D eigenvalue weighted by molar-refractivity contribution is 0.0204. The standard InChI is InChI=1S/C17H29N3O3/c1-5-22-13-12-20-11-8-15(18-20)14-6-9-19(10-7-14)16(21)23-17(2,3)4/h8,11,14H,5-7,9-10,12-13H2,1-4H3. The number of aromatic nitrogens is 2. The predicted octanol–water partition coefficient (Wildman–Crippen LogP) is 3.03. The number of likely N-dealkylation sites (tertiary alicyclic amines) is 1. The molecule has 0 radical (unpaired) electrons. The van der Waals surface area contributed by atoms with Crippen molar-refractivity contribution < 1.29 is 14.3 Å². The topological polar surface area (TPSA) is 56.6 Å². The van der Waals surface area contributed by atoms with Crippen LogP contribution in [-0.2, 0) is 16.0 Å². The Morgan fingerprint density at radius 2 is 2.04 bits per heavy atom. The van der Waals surface area contributed by atoms with E-state index in [0.717, 1.165) is 44.8 Å². The maximum absolute atomic E-state index is 12.1. The van der Waals surface area contributed by atoms with Gasteiger partial charge in [-0.25, -0.2) is 4.79 Å². The average Bonchev–Trinajstić information content (AvgIpc) is 2.95. The smallest absolute Gasteiger partial charge is 0.410 e. The van der Waals surface area contributed by atoms with Crippen molar-refractivity contribution in [2.45, 2.75) is 58.6 Å². The van der Waals surface area contributed by atoms with Gasteiger partial charge >= 0.3 is 6.09 Å². The first-order valence-electron chi connectivity index (χ1n) is 8.48. The second-order valence-corrected chi connectivity index (χ2v) is 6.94. The van der Waals surface area contributed by atoms with Crippen LogP contribution in [0.5, 0.6) is 0 Å². The molecular weight excluding hydrogens is 294 g/mol. The van der Waals surface area contributed by atoms with Gasteiger partial charge in [0, 0.05) is 31.8 Å². The number of carbonyl (C=O) groups excluding carboxylic acids is 1. The Labute approximate surface area is 138 Å². The molecule has 2 heterocycles. The molecule has 1 amide bonds. The molecule has 0 N–H and O–H groups in total. The fraction of sp³-hybridized carbons (Fsp3) is 0.765. The van der Waals surface area contributed by atoms with Gasteiger partial charge in [0.15, 0.2) is 0 Å². The Kier molecular flexibility index (Phi) is 6.04. The summed E-state index contributed by atoms with van der Waals surface area (Å²) in [6, 6.07) is 2.08. The van der Waals surface area contributed by atoms with E-state index in [-0.39, 0.29) is 6.09 Å². The first-order chi connectivity index (χ1) is 10.9. The van der Waals surface area contributed by atoms with Crippen LogP contribution < -0.4 is 0 Å². The van der Waals surface area contributed by atoms with Crippen molar-refractivity contribution >= 4 is 6.09 Å². The number of rotatable bonds is 5. The monoisotopic (exact) mass is 323 g/mol. The molecule has 1 aromatic rings. The number of carbonyl (C=O) groups is 1. The zero-order valence-electron chi connectivity index (χ0n) is 14.7. The molecule has 0 aromatic carbocycles. The van der Waals surface area contributed by atoms with Crippen LogP contribution in [0.15, 0.2) is 12.3 Å². The second kappa shape index (κ2) is 7.81. The minimum absolute atomic E-state index is 0.210. The Hall–Kier alpha value is -1.56. The van der Waals surface area contributed by atoms with Crippen molar-refractivity contribution in [3.63, 3.8) is 0 Å². The van der Waals surface area contributed by atoms with Gasteiger partial charge in [0.05, 0.1) is 18.8 Å². The molecular formula is C17H29N3O3. The highest BCUT2D eigenvalue weighted by atomic mass is 16.6. The number of piperidine rings is 1. The molecule has 130 valence electrons. The summed E-state index contributed by atoms with van der Waals surface area (Å²) in [5.41, 5.74) is 0.679. The summed E-state index contributed by atoms with van der Waals surface area (Å²) in [4.78, 5) is 13.9. The van der Waals surface area contributed by atoms with E-state index in [1.54, 1.807) is 4.90 Å². The van der Waals surface area contributed by atoms with Gasteiger partial charge in [0.25, 0.3) is 0 Å². The van der Waals surface area contributed by atoms with Gasteiger partial charge in [-0.3, -0.25) is 4.68 Å². The maximum Gasteiger partial charge on any atom is 0.410 e. The predicted molar refractivity (Wildman–Crippen MR) is 88.5 cm³/mol. The summed E-state index contributed by atoms with van der Waals surface area (Å²) in [5.74, 6) is 0.419. The van der Waals surface area contributed by atoms with Crippen LogP contribution in [0.25, 0.3) is 0 Å². The summed E-state index contributed by atoms with van der Waals surface area (Å²) >= 11 is 0. The van der Waals surface area contributed by atoms with Crippen molar-refractivity contribution in [1.82, 2.24) is 14.7 Å². The van der Waals surface area contributed by atoms with Gasteiger partial charge in [-0.1, -0.05) is 0 Å². The quantitative estimate of drug-likeness (QED) is 0.782. The highest BCUT2D eigenvalue weighted by Crippen LogP contribution is 2.27. The van der Waals surface area contributed by atoms with Crippen molar-refractivity contribution in [2.75, 3.05) is 26.3 Å². The van der Waals surface area contributed by atoms with Gasteiger partial charge in [-0.2, -0.15) is 5.10 Å². The fourth-order valence-corrected chi connectivity index (χ4v) is 2.71. The Morgan fingerprint density at radius 3 is 2.65 bits per heavy atom. The van der Waals surface area contributed by atoms with Crippen LogP contribution in [0.1, 0.15) is 52.1 Å². The zero-order valence-corrected chi connectivity index (χ0v) is 14.7. The summed E-state index contributed by atoms with van der Waals surface area (Å²) in [6.07, 6.45) is 3.66. The molecule has 1 aromatic heterocycles. The number of hydrogen-bond acceptors (Lipinski definition) is 4. The fourth-order valence-electron chi connectivity index (χ4n) is 2.71. The molecule has 0 spiro atoms. The molecule has 1 aliphatic rings. The van der Waals surface area contributed by atoms with Gasteiger partial charge in [-0.05, 0) is 46.6 Å². The molecule has 6 nitrogen and oxygen atoms in total. The lowest BCUT2D eigenvalue weighted by Gasteiger charge is -2.32. The first kappa shape index (κ1) is 17.8. The van der Waals surface area contributed by atoms with Gasteiger partial charge in [-0.15, -0.1) is 0 Å². The molecule has 0 atom stereocenters. The van der Waals surface area contributed by atoms with Gasteiger partial charge in [0.2, 0.25) is 0 Å². The molecule has 0 aliphatic carbocycles. The molecule has 1 aliphatic heterocycles. The lowest BCUT2D eigenvalue weighted by atomic mass is 9.94. The molecule has 23 heavy (non-hydrogen) atoms. The van der Waals surface area contributed by atoms with Crippen molar-refractivity contribution in [3.8, 4) is 0 Å². The summed E-state index contributed by atoms with van der Waals surface area (Å²) < 4.78 is 12.7. The number of ether oxygens (including phenoxy) is 2. The molecule has 1 saturated heterocycles. The minimum Gasteiger partial charge on any atom is -0.444 e. The second-order valence-electron chi connectivity index (χ2n) is 6.94. The zero-order chi connectivity index (χ0) is 16.9. The molecule has 0 saturated carbocycles. The highest BCUT2D eigenvalue weighted by molar-refractivity contribution is 5.68. The third kappa shape index (κ3) is 5.53. The SMILES string of the molecule is CCOCCn1ccc(C2CCN(C(=O)OC(C)(C)C)CC2)n1. The van der Waals surface area contributed by atoms with E-state index >= 15 is 0 Å². The molecule has 1 fully saturated rings. The van der Waals surface area contributed by atoms with Crippen LogP contribution in [0, 0.1) is 0 Å². The normalized spacial score (nSPS) is 16.6. The third-order valence-electron chi connectivity index (χ3n) is 3.90. The summed E-state index contributed by atoms with van der Waals surface area (Å²) in [5, 5.41) is 4.64. The van der Waals surface area contributed by atoms with Crippen molar-refractivity contribution in [1.29, 1.82) is 0 Å². The number of amides is 1. The van der Waals surface area contributed by atoms with Crippen molar-refractivity contribution in [3.05, 3.63) is 18.0 Å². The molecule has 0 unspecified atom stereocenters. The van der Waals surface area contributed by atoms with E-state index < -0.39 is 5.60 Å². The van der Waals surface area contributed by atoms with Crippen LogP contribution in [0.3, 0.4) is 0 Å². The largest absolute Gasteiger partial charge is 0.444 e. The van der Waals surface area contributed by atoms with Crippen LogP contribution >= 0.6 is 0 Å². The van der Waals surface area contributed by atoms with E-state index in [9.17, 15) is 4.79 Å². The Balaban J connectivity index is 1.81. The lowest BCUT2D eigenvalue weighted by Crippen LogP contribution is -2.41. The Morgan fingerprint density at radius 1 is 1.35 bits per heavy atom. The first-order valence-corrected chi connectivity index (χ1v) is 8.48. The van der Waals surface area contributed by atoms with Crippen LogP contribution in [-0.4, -0.2) is 52.7 Å². The minimum atomic E-state index is -0.437. The molecule has 6 heteroatoms. The van der Waals surface area contributed by atoms with E-state index in [2.05, 4.69) is 11.2 Å². The van der Waals surface area contributed by atoms with Gasteiger partial charge < -0.3 is 14.4 Å². The summed E-state index contributed by atoms with van der Waals surface area (Å²) in [6.45, 7) is 11.3. The summed E-state index contributed by atoms with van der Waals surface area (Å²) in [7, 11) is 0. The highest BCUT2D eigenvalue weighted by Gasteiger charge is 2.28. The third-order valence-corrected chi connectivity index (χ3v) is 3.90. The van der Waals surface area contributed by atoms with E-state index in [1.807, 2.05) is 38.6 Å². The van der Waals surface area contributed by atoms with Crippen molar-refractivity contribution in [2.24, 2.45) is 0 Å². The number of nitrogens with zero attached hydrogens (tertiary/aromatic N) is 3. The van der Waals surface area contributed by atoms with E-state index in [1.165, 1.54) is 0 Å². The van der Waals surface area contributed by atoms with Crippen LogP contribution in [0.4, 0.5) is 4.79 Å². The maximum atomic E-state index is 12.1. The van der Waals surface area contributed by atoms with E-state index in [0.29, 0.717) is 12.5 Å². The molecule has 0 bridgehead atoms. The van der Waals surface area contributed by atoms with Gasteiger partial charge in [0.1, 0.15) is 5.60 Å². The average molecular weight is 323 g/mol. The Bertz CT molecular complexity index is 499. The number of hydrogen-bond donors (Lipinski definition) is 0. The molecule has 2 rings (SSSR count). The van der Waals surface area contributed by atoms with Crippen LogP contribution in [0.2, 0.25) is 0 Å².